The number of anilines is 1. The molecule has 1 spiro atoms. The first kappa shape index (κ1) is 16.2. The van der Waals surface area contributed by atoms with E-state index in [9.17, 15) is 4.79 Å². The van der Waals surface area contributed by atoms with Crippen LogP contribution in [0.15, 0.2) is 28.8 Å². The van der Waals surface area contributed by atoms with Crippen LogP contribution >= 0.6 is 0 Å². The minimum absolute atomic E-state index is 0.187. The van der Waals surface area contributed by atoms with Gasteiger partial charge in [0.15, 0.2) is 5.82 Å². The summed E-state index contributed by atoms with van der Waals surface area (Å²) >= 11 is 0. The molecule has 1 amide bonds. The molecule has 25 heavy (non-hydrogen) atoms. The first-order valence-corrected chi connectivity index (χ1v) is 8.54. The van der Waals surface area contributed by atoms with Gasteiger partial charge in [0.05, 0.1) is 12.0 Å². The number of carbonyl (C=O) groups excluding carboxylic acids is 1. The van der Waals surface area contributed by atoms with E-state index in [1.807, 2.05) is 25.2 Å². The van der Waals surface area contributed by atoms with Crippen LogP contribution in [0.1, 0.15) is 30.1 Å². The highest BCUT2D eigenvalue weighted by molar-refractivity contribution is 6.08. The third kappa shape index (κ3) is 2.63. The van der Waals surface area contributed by atoms with E-state index in [0.717, 1.165) is 30.6 Å². The quantitative estimate of drug-likeness (QED) is 0.843. The smallest absolute Gasteiger partial charge is 0.252 e. The maximum Gasteiger partial charge on any atom is 0.252 e. The molecule has 7 heteroatoms. The number of likely N-dealkylation sites (N-methyl/N-ethyl adjacent to an activating group) is 1. The van der Waals surface area contributed by atoms with Gasteiger partial charge < -0.3 is 14.2 Å². The number of piperidine rings is 1. The molecule has 0 unspecified atom stereocenters. The van der Waals surface area contributed by atoms with Gasteiger partial charge >= 0.3 is 0 Å². The third-order valence-electron chi connectivity index (χ3n) is 5.21. The molecule has 0 aliphatic carbocycles. The van der Waals surface area contributed by atoms with Crippen molar-refractivity contribution in [2.75, 3.05) is 32.1 Å². The van der Waals surface area contributed by atoms with Crippen LogP contribution in [0.2, 0.25) is 0 Å². The normalized spacial score (nSPS) is 23.4. The van der Waals surface area contributed by atoms with E-state index in [1.54, 1.807) is 12.0 Å². The van der Waals surface area contributed by atoms with Crippen molar-refractivity contribution in [1.82, 2.24) is 15.0 Å². The molecule has 0 radical (unpaired) electrons. The van der Waals surface area contributed by atoms with Crippen LogP contribution in [0.4, 0.5) is 5.69 Å². The van der Waals surface area contributed by atoms with Gasteiger partial charge in [-0.3, -0.25) is 9.69 Å². The van der Waals surface area contributed by atoms with E-state index in [0.29, 0.717) is 31.4 Å². The van der Waals surface area contributed by atoms with Gasteiger partial charge in [-0.05, 0) is 31.0 Å². The molecule has 0 bridgehead atoms. The van der Waals surface area contributed by atoms with Crippen LogP contribution in [0.25, 0.3) is 0 Å². The second kappa shape index (κ2) is 6.24. The van der Waals surface area contributed by atoms with Crippen LogP contribution in [0.3, 0.4) is 0 Å². The van der Waals surface area contributed by atoms with E-state index >= 15 is 0 Å². The van der Waals surface area contributed by atoms with Crippen molar-refractivity contribution in [3.05, 3.63) is 41.5 Å². The maximum atomic E-state index is 13.1. The number of ether oxygens (including phenoxy) is 1. The minimum Gasteiger partial charge on any atom is -0.375 e. The van der Waals surface area contributed by atoms with Crippen molar-refractivity contribution in [3.8, 4) is 0 Å². The number of para-hydroxylation sites is 1. The first-order chi connectivity index (χ1) is 12.1. The molecule has 1 aromatic carbocycles. The molecule has 2 aromatic rings. The van der Waals surface area contributed by atoms with Gasteiger partial charge in [0, 0.05) is 26.4 Å². The zero-order chi connectivity index (χ0) is 17.4. The van der Waals surface area contributed by atoms with Gasteiger partial charge in [0.2, 0.25) is 5.91 Å². The monoisotopic (exact) mass is 342 g/mol. The predicted molar refractivity (Wildman–Crippen MR) is 91.1 cm³/mol. The van der Waals surface area contributed by atoms with Crippen molar-refractivity contribution in [3.63, 3.8) is 0 Å². The Labute approximate surface area is 146 Å². The molecule has 1 aromatic heterocycles. The Morgan fingerprint density at radius 3 is 3.04 bits per heavy atom. The molecule has 2 aliphatic rings. The second-order valence-corrected chi connectivity index (χ2v) is 6.81. The first-order valence-electron chi connectivity index (χ1n) is 8.54. The van der Waals surface area contributed by atoms with Gasteiger partial charge in [0.25, 0.3) is 5.89 Å². The van der Waals surface area contributed by atoms with Crippen LogP contribution in [0, 0.1) is 0 Å². The third-order valence-corrected chi connectivity index (χ3v) is 5.21. The van der Waals surface area contributed by atoms with E-state index in [2.05, 4.69) is 21.1 Å². The number of amides is 1. The summed E-state index contributed by atoms with van der Waals surface area (Å²) in [7, 11) is 3.46. The Morgan fingerprint density at radius 2 is 2.20 bits per heavy atom. The summed E-state index contributed by atoms with van der Waals surface area (Å²) in [5, 5.41) is 4.02. The fraction of sp³-hybridized carbons (Fsp3) is 0.500. The number of methoxy groups -OCH3 is 1. The molecule has 1 fully saturated rings. The van der Waals surface area contributed by atoms with Gasteiger partial charge in [-0.25, -0.2) is 0 Å². The lowest BCUT2D eigenvalue weighted by Crippen LogP contribution is -2.51. The van der Waals surface area contributed by atoms with Gasteiger partial charge in [-0.1, -0.05) is 23.4 Å². The van der Waals surface area contributed by atoms with Crippen molar-refractivity contribution >= 4 is 11.6 Å². The Kier molecular flexibility index (Phi) is 4.05. The highest BCUT2D eigenvalue weighted by Gasteiger charge is 2.51. The lowest BCUT2D eigenvalue weighted by Gasteiger charge is -2.38. The van der Waals surface area contributed by atoms with Crippen LogP contribution in [-0.2, 0) is 28.1 Å². The average Bonchev–Trinajstić information content (AvgIpc) is 3.14. The predicted octanol–water partition coefficient (Wildman–Crippen LogP) is 1.73. The molecule has 132 valence electrons. The number of hydrogen-bond donors (Lipinski definition) is 0. The number of carbonyl (C=O) groups is 1. The van der Waals surface area contributed by atoms with Gasteiger partial charge in [0.1, 0.15) is 6.61 Å². The van der Waals surface area contributed by atoms with Crippen molar-refractivity contribution < 1.29 is 14.1 Å². The molecular formula is C18H22N4O3. The summed E-state index contributed by atoms with van der Waals surface area (Å²) in [6, 6.07) is 8.11. The van der Waals surface area contributed by atoms with E-state index in [1.165, 1.54) is 0 Å². The average molecular weight is 342 g/mol. The lowest BCUT2D eigenvalue weighted by molar-refractivity contribution is -0.125. The Balaban J connectivity index is 1.57. The molecule has 2 aliphatic heterocycles. The molecule has 1 atom stereocenters. The number of benzene rings is 1. The number of hydrogen-bond acceptors (Lipinski definition) is 6. The number of likely N-dealkylation sites (tertiary alicyclic amines) is 1. The molecule has 0 saturated carbocycles. The number of rotatable bonds is 4. The van der Waals surface area contributed by atoms with Crippen LogP contribution in [-0.4, -0.2) is 48.2 Å². The van der Waals surface area contributed by atoms with Crippen molar-refractivity contribution in [1.29, 1.82) is 0 Å². The fourth-order valence-corrected chi connectivity index (χ4v) is 4.13. The SMILES string of the molecule is COCc1nc(CN2CCC[C@@]3(C2)C(=O)N(C)c2ccccc23)no1. The van der Waals surface area contributed by atoms with Crippen molar-refractivity contribution in [2.45, 2.75) is 31.4 Å². The molecular weight excluding hydrogens is 320 g/mol. The van der Waals surface area contributed by atoms with E-state index < -0.39 is 5.41 Å². The summed E-state index contributed by atoms with van der Waals surface area (Å²) in [6.07, 6.45) is 1.85. The maximum absolute atomic E-state index is 13.1. The molecule has 0 N–H and O–H groups in total. The second-order valence-electron chi connectivity index (χ2n) is 6.81. The Bertz CT molecular complexity index is 790. The topological polar surface area (TPSA) is 71.7 Å². The Morgan fingerprint density at radius 1 is 1.36 bits per heavy atom. The zero-order valence-corrected chi connectivity index (χ0v) is 14.6. The summed E-state index contributed by atoms with van der Waals surface area (Å²) in [6.45, 7) is 2.50. The van der Waals surface area contributed by atoms with E-state index in [-0.39, 0.29) is 5.91 Å². The van der Waals surface area contributed by atoms with Crippen LogP contribution in [0.5, 0.6) is 0 Å². The fourth-order valence-electron chi connectivity index (χ4n) is 4.13. The number of aromatic nitrogens is 2. The summed E-state index contributed by atoms with van der Waals surface area (Å²) in [4.78, 5) is 21.5. The highest BCUT2D eigenvalue weighted by atomic mass is 16.5. The van der Waals surface area contributed by atoms with Gasteiger partial charge in [-0.2, -0.15) is 4.98 Å². The largest absolute Gasteiger partial charge is 0.375 e. The number of fused-ring (bicyclic) bond motifs is 2. The standard InChI is InChI=1S/C18H22N4O3/c1-21-14-7-4-3-6-13(14)18(17(21)23)8-5-9-22(12-18)10-15-19-16(11-24-2)25-20-15/h3-4,6-7H,5,8-12H2,1-2H3/t18-/m0/s1. The van der Waals surface area contributed by atoms with E-state index in [4.69, 9.17) is 9.26 Å². The summed E-state index contributed by atoms with van der Waals surface area (Å²) in [5.74, 6) is 1.30. The molecule has 4 rings (SSSR count). The molecule has 3 heterocycles. The number of nitrogens with zero attached hydrogens (tertiary/aromatic N) is 4. The van der Waals surface area contributed by atoms with Crippen molar-refractivity contribution in [2.24, 2.45) is 0 Å². The summed E-state index contributed by atoms with van der Waals surface area (Å²) in [5.41, 5.74) is 1.71. The van der Waals surface area contributed by atoms with Crippen LogP contribution < -0.4 is 4.90 Å². The van der Waals surface area contributed by atoms with Gasteiger partial charge in [-0.15, -0.1) is 0 Å². The zero-order valence-electron chi connectivity index (χ0n) is 14.6. The molecule has 1 saturated heterocycles. The highest BCUT2D eigenvalue weighted by Crippen LogP contribution is 2.46. The Hall–Kier alpha value is -2.25. The molecule has 7 nitrogen and oxygen atoms in total. The minimum atomic E-state index is -0.456. The lowest BCUT2D eigenvalue weighted by atomic mass is 9.75. The summed E-state index contributed by atoms with van der Waals surface area (Å²) < 4.78 is 10.2.